The molecule has 0 bridgehead atoms. The van der Waals surface area contributed by atoms with Gasteiger partial charge in [0.25, 0.3) is 0 Å². The molecule has 0 amide bonds. The lowest BCUT2D eigenvalue weighted by atomic mass is 10.0. The van der Waals surface area contributed by atoms with Crippen molar-refractivity contribution in [3.63, 3.8) is 0 Å². The summed E-state index contributed by atoms with van der Waals surface area (Å²) in [6.07, 6.45) is 1.66. The molecule has 0 atom stereocenters. The van der Waals surface area contributed by atoms with Gasteiger partial charge < -0.3 is 0 Å². The van der Waals surface area contributed by atoms with Crippen LogP contribution >= 0.6 is 0 Å². The van der Waals surface area contributed by atoms with Gasteiger partial charge in [0, 0.05) is 11.8 Å². The van der Waals surface area contributed by atoms with E-state index in [0.29, 0.717) is 0 Å². The predicted molar refractivity (Wildman–Crippen MR) is 80.8 cm³/mol. The first-order chi connectivity index (χ1) is 9.22. The lowest BCUT2D eigenvalue weighted by Gasteiger charge is -2.06. The Labute approximate surface area is 113 Å². The van der Waals surface area contributed by atoms with Gasteiger partial charge in [-0.15, -0.1) is 0 Å². The Morgan fingerprint density at radius 3 is 2.63 bits per heavy atom. The highest BCUT2D eigenvalue weighted by Crippen LogP contribution is 2.21. The number of benzene rings is 1. The summed E-state index contributed by atoms with van der Waals surface area (Å²) in [7, 11) is 0. The first kappa shape index (κ1) is 13.1. The number of hydrogen-bond donors (Lipinski definition) is 0. The number of aromatic nitrogens is 1. The summed E-state index contributed by atoms with van der Waals surface area (Å²) in [6, 6.07) is 14.2. The van der Waals surface area contributed by atoms with Crippen LogP contribution in [0.4, 0.5) is 0 Å². The second-order valence-electron chi connectivity index (χ2n) is 4.28. The molecule has 1 aromatic carbocycles. The molecular formula is C16H17N3. The molecule has 0 aliphatic heterocycles. The standard InChI is InChI=1S/C16H17N3/c1-4-17-19-13(3)15-10-7-11-16(18-15)14-9-6-5-8-12(14)2/h4-11H,1-3H3/b17-4-,19-13+. The van der Waals surface area contributed by atoms with Crippen molar-refractivity contribution in [2.75, 3.05) is 0 Å². The summed E-state index contributed by atoms with van der Waals surface area (Å²) in [4.78, 5) is 4.65. The van der Waals surface area contributed by atoms with Gasteiger partial charge in [-0.25, -0.2) is 4.98 Å². The minimum absolute atomic E-state index is 0.813. The zero-order chi connectivity index (χ0) is 13.7. The third kappa shape index (κ3) is 3.13. The minimum atomic E-state index is 0.813. The molecule has 1 aromatic heterocycles. The molecule has 3 heteroatoms. The highest BCUT2D eigenvalue weighted by molar-refractivity contribution is 5.97. The molecular weight excluding hydrogens is 234 g/mol. The zero-order valence-corrected chi connectivity index (χ0v) is 11.5. The molecule has 0 unspecified atom stereocenters. The second kappa shape index (κ2) is 6.05. The van der Waals surface area contributed by atoms with Crippen molar-refractivity contribution in [1.82, 2.24) is 4.98 Å². The van der Waals surface area contributed by atoms with Gasteiger partial charge in [-0.05, 0) is 38.5 Å². The van der Waals surface area contributed by atoms with E-state index in [9.17, 15) is 0 Å². The Hall–Kier alpha value is -2.29. The fraction of sp³-hybridized carbons (Fsp3) is 0.188. The van der Waals surface area contributed by atoms with Gasteiger partial charge in [0.15, 0.2) is 0 Å². The normalized spacial score (nSPS) is 12.1. The SMILES string of the molecule is C/C=N\N=C(/C)c1cccc(-c2ccccc2C)n1. The quantitative estimate of drug-likeness (QED) is 0.602. The maximum Gasteiger partial charge on any atom is 0.0867 e. The van der Waals surface area contributed by atoms with Crippen LogP contribution in [0.25, 0.3) is 11.3 Å². The van der Waals surface area contributed by atoms with Gasteiger partial charge in [0.2, 0.25) is 0 Å². The molecule has 0 aliphatic carbocycles. The molecule has 0 saturated heterocycles. The van der Waals surface area contributed by atoms with Crippen LogP contribution in [-0.2, 0) is 0 Å². The van der Waals surface area contributed by atoms with E-state index >= 15 is 0 Å². The van der Waals surface area contributed by atoms with Crippen LogP contribution in [0.5, 0.6) is 0 Å². The monoisotopic (exact) mass is 251 g/mol. The fourth-order valence-corrected chi connectivity index (χ4v) is 1.84. The van der Waals surface area contributed by atoms with E-state index < -0.39 is 0 Å². The summed E-state index contributed by atoms with van der Waals surface area (Å²) in [6.45, 7) is 5.84. The van der Waals surface area contributed by atoms with Crippen LogP contribution in [0, 0.1) is 6.92 Å². The first-order valence-electron chi connectivity index (χ1n) is 6.28. The number of aryl methyl sites for hydroxylation is 1. The molecule has 0 aliphatic rings. The van der Waals surface area contributed by atoms with Crippen molar-refractivity contribution < 1.29 is 0 Å². The summed E-state index contributed by atoms with van der Waals surface area (Å²) in [5.74, 6) is 0. The van der Waals surface area contributed by atoms with Crippen molar-refractivity contribution >= 4 is 11.9 Å². The lowest BCUT2D eigenvalue weighted by Crippen LogP contribution is -1.99. The molecule has 0 N–H and O–H groups in total. The lowest BCUT2D eigenvalue weighted by molar-refractivity contribution is 1.20. The minimum Gasteiger partial charge on any atom is -0.246 e. The number of nitrogens with zero attached hydrogens (tertiary/aromatic N) is 3. The number of hydrogen-bond acceptors (Lipinski definition) is 3. The van der Waals surface area contributed by atoms with Crippen molar-refractivity contribution in [2.45, 2.75) is 20.8 Å². The van der Waals surface area contributed by atoms with E-state index in [-0.39, 0.29) is 0 Å². The maximum atomic E-state index is 4.65. The largest absolute Gasteiger partial charge is 0.246 e. The van der Waals surface area contributed by atoms with E-state index in [2.05, 4.69) is 34.2 Å². The van der Waals surface area contributed by atoms with Crippen LogP contribution < -0.4 is 0 Å². The van der Waals surface area contributed by atoms with Crippen molar-refractivity contribution in [3.05, 3.63) is 53.7 Å². The van der Waals surface area contributed by atoms with E-state index in [1.807, 2.05) is 44.2 Å². The Morgan fingerprint density at radius 1 is 1.11 bits per heavy atom. The average molecular weight is 251 g/mol. The van der Waals surface area contributed by atoms with E-state index in [0.717, 1.165) is 22.7 Å². The van der Waals surface area contributed by atoms with Crippen LogP contribution in [0.2, 0.25) is 0 Å². The highest BCUT2D eigenvalue weighted by atomic mass is 15.2. The highest BCUT2D eigenvalue weighted by Gasteiger charge is 2.05. The Bertz CT molecular complexity index is 627. The molecule has 0 saturated carbocycles. The van der Waals surface area contributed by atoms with E-state index in [1.54, 1.807) is 6.21 Å². The summed E-state index contributed by atoms with van der Waals surface area (Å²) in [5, 5.41) is 7.98. The van der Waals surface area contributed by atoms with Gasteiger partial charge in [0.1, 0.15) is 0 Å². The number of pyridine rings is 1. The summed E-state index contributed by atoms with van der Waals surface area (Å²) >= 11 is 0. The topological polar surface area (TPSA) is 37.6 Å². The Morgan fingerprint density at radius 2 is 1.89 bits per heavy atom. The molecule has 0 spiro atoms. The molecule has 0 fully saturated rings. The van der Waals surface area contributed by atoms with Gasteiger partial charge in [0.05, 0.1) is 17.1 Å². The summed E-state index contributed by atoms with van der Waals surface area (Å²) < 4.78 is 0. The Balaban J connectivity index is 2.43. The first-order valence-corrected chi connectivity index (χ1v) is 6.28. The summed E-state index contributed by atoms with van der Waals surface area (Å²) in [5.41, 5.74) is 5.00. The third-order valence-electron chi connectivity index (χ3n) is 2.86. The average Bonchev–Trinajstić information content (AvgIpc) is 2.45. The molecule has 1 heterocycles. The van der Waals surface area contributed by atoms with Gasteiger partial charge in [-0.1, -0.05) is 30.3 Å². The zero-order valence-electron chi connectivity index (χ0n) is 11.5. The second-order valence-corrected chi connectivity index (χ2v) is 4.28. The van der Waals surface area contributed by atoms with Crippen LogP contribution in [0.3, 0.4) is 0 Å². The Kier molecular flexibility index (Phi) is 4.18. The van der Waals surface area contributed by atoms with Crippen LogP contribution in [-0.4, -0.2) is 16.9 Å². The van der Waals surface area contributed by atoms with Crippen molar-refractivity contribution in [3.8, 4) is 11.3 Å². The van der Waals surface area contributed by atoms with Crippen LogP contribution in [0.15, 0.2) is 52.7 Å². The van der Waals surface area contributed by atoms with E-state index in [1.165, 1.54) is 5.56 Å². The van der Waals surface area contributed by atoms with Gasteiger partial charge >= 0.3 is 0 Å². The van der Waals surface area contributed by atoms with Gasteiger partial charge in [-0.2, -0.15) is 10.2 Å². The molecule has 0 radical (unpaired) electrons. The third-order valence-corrected chi connectivity index (χ3v) is 2.86. The van der Waals surface area contributed by atoms with Crippen LogP contribution in [0.1, 0.15) is 25.1 Å². The van der Waals surface area contributed by atoms with E-state index in [4.69, 9.17) is 0 Å². The molecule has 2 rings (SSSR count). The molecule has 2 aromatic rings. The predicted octanol–water partition coefficient (Wildman–Crippen LogP) is 3.87. The number of rotatable bonds is 3. The van der Waals surface area contributed by atoms with Crippen molar-refractivity contribution in [1.29, 1.82) is 0 Å². The maximum absolute atomic E-state index is 4.65. The smallest absolute Gasteiger partial charge is 0.0867 e. The molecule has 96 valence electrons. The van der Waals surface area contributed by atoms with Crippen molar-refractivity contribution in [2.24, 2.45) is 10.2 Å². The fourth-order valence-electron chi connectivity index (χ4n) is 1.84. The molecule has 19 heavy (non-hydrogen) atoms. The van der Waals surface area contributed by atoms with Gasteiger partial charge in [-0.3, -0.25) is 0 Å². The molecule has 3 nitrogen and oxygen atoms in total.